The van der Waals surface area contributed by atoms with E-state index in [0.29, 0.717) is 0 Å². The zero-order chi connectivity index (χ0) is 15.7. The Labute approximate surface area is 134 Å². The molecule has 3 heterocycles. The molecule has 0 radical (unpaired) electrons. The number of rotatable bonds is 0. The van der Waals surface area contributed by atoms with Gasteiger partial charge in [-0.15, -0.1) is 0 Å². The van der Waals surface area contributed by atoms with Crippen LogP contribution in [0.1, 0.15) is 0 Å². The van der Waals surface area contributed by atoms with Crippen molar-refractivity contribution in [2.45, 2.75) is 0 Å². The molecule has 0 saturated heterocycles. The Kier molecular flexibility index (Phi) is 4.88. The Hall–Kier alpha value is -3.27. The minimum Gasteiger partial charge on any atom is -0.361 e. The Bertz CT molecular complexity index is 788. The van der Waals surface area contributed by atoms with Gasteiger partial charge in [0.25, 0.3) is 0 Å². The van der Waals surface area contributed by atoms with E-state index in [2.05, 4.69) is 56.3 Å². The van der Waals surface area contributed by atoms with Crippen LogP contribution in [-0.4, -0.2) is 19.9 Å². The number of para-hydroxylation sites is 2. The molecule has 23 heavy (non-hydrogen) atoms. The first kappa shape index (κ1) is 14.7. The SMILES string of the molecule is c1c[nH]cn1.c1ccc2[nH]ccc2c1.c1ccc2[nH]ccc2c1. The molecular formula is C19H18N4. The average Bonchev–Trinajstić information content (AvgIpc) is 3.37. The maximum Gasteiger partial charge on any atom is 0.0919 e. The highest BCUT2D eigenvalue weighted by Crippen LogP contribution is 2.09. The molecule has 0 aliphatic heterocycles. The Morgan fingerprint density at radius 3 is 1.57 bits per heavy atom. The third kappa shape index (κ3) is 4.11. The minimum atomic E-state index is 1.21. The van der Waals surface area contributed by atoms with Crippen molar-refractivity contribution < 1.29 is 0 Å². The standard InChI is InChI=1S/2C8H7N.C3H4N2/c2*1-2-4-8-7(3-1)5-6-9-8;1-2-5-3-4-1/h2*1-6,9H;1-3H,(H,4,5). The zero-order valence-electron chi connectivity index (χ0n) is 12.6. The molecule has 0 bridgehead atoms. The van der Waals surface area contributed by atoms with Gasteiger partial charge in [-0.25, -0.2) is 4.98 Å². The normalized spacial score (nSPS) is 9.74. The summed E-state index contributed by atoms with van der Waals surface area (Å²) < 4.78 is 0. The van der Waals surface area contributed by atoms with Crippen LogP contribution in [0.4, 0.5) is 0 Å². The van der Waals surface area contributed by atoms with E-state index < -0.39 is 0 Å². The van der Waals surface area contributed by atoms with Crippen LogP contribution < -0.4 is 0 Å². The summed E-state index contributed by atoms with van der Waals surface area (Å²) in [4.78, 5) is 12.7. The Morgan fingerprint density at radius 2 is 1.17 bits per heavy atom. The summed E-state index contributed by atoms with van der Waals surface area (Å²) >= 11 is 0. The molecule has 0 aliphatic carbocycles. The van der Waals surface area contributed by atoms with E-state index in [9.17, 15) is 0 Å². The van der Waals surface area contributed by atoms with Crippen molar-refractivity contribution in [1.82, 2.24) is 19.9 Å². The second-order valence-electron chi connectivity index (χ2n) is 4.89. The number of H-pyrrole nitrogens is 3. The summed E-state index contributed by atoms with van der Waals surface area (Å²) in [6.07, 6.45) is 8.98. The van der Waals surface area contributed by atoms with Gasteiger partial charge in [-0.2, -0.15) is 0 Å². The Morgan fingerprint density at radius 1 is 0.609 bits per heavy atom. The molecule has 114 valence electrons. The molecule has 0 spiro atoms. The molecule has 3 N–H and O–H groups in total. The van der Waals surface area contributed by atoms with E-state index in [-0.39, 0.29) is 0 Å². The molecule has 0 unspecified atom stereocenters. The fraction of sp³-hybridized carbons (Fsp3) is 0. The summed E-state index contributed by atoms with van der Waals surface area (Å²) in [7, 11) is 0. The van der Waals surface area contributed by atoms with Gasteiger partial charge in [-0.1, -0.05) is 36.4 Å². The van der Waals surface area contributed by atoms with Crippen molar-refractivity contribution in [3.8, 4) is 0 Å². The lowest BCUT2D eigenvalue weighted by Gasteiger charge is -1.83. The summed E-state index contributed by atoms with van der Waals surface area (Å²) in [5.41, 5.74) is 2.41. The number of nitrogens with zero attached hydrogens (tertiary/aromatic N) is 1. The highest BCUT2D eigenvalue weighted by Gasteiger charge is 1.87. The van der Waals surface area contributed by atoms with Crippen molar-refractivity contribution in [3.05, 3.63) is 91.8 Å². The number of imidazole rings is 1. The third-order valence-electron chi connectivity index (χ3n) is 3.33. The van der Waals surface area contributed by atoms with Gasteiger partial charge in [0.15, 0.2) is 0 Å². The predicted octanol–water partition coefficient (Wildman–Crippen LogP) is 4.75. The molecule has 5 rings (SSSR count). The minimum absolute atomic E-state index is 1.21. The lowest BCUT2D eigenvalue weighted by Crippen LogP contribution is -1.61. The molecule has 2 aromatic carbocycles. The van der Waals surface area contributed by atoms with Gasteiger partial charge < -0.3 is 15.0 Å². The molecular weight excluding hydrogens is 284 g/mol. The van der Waals surface area contributed by atoms with Gasteiger partial charge in [0, 0.05) is 35.8 Å². The lowest BCUT2D eigenvalue weighted by molar-refractivity contribution is 1.31. The third-order valence-corrected chi connectivity index (χ3v) is 3.33. The van der Waals surface area contributed by atoms with Gasteiger partial charge in [0.2, 0.25) is 0 Å². The van der Waals surface area contributed by atoms with Crippen molar-refractivity contribution in [1.29, 1.82) is 0 Å². The first-order chi connectivity index (χ1) is 11.4. The van der Waals surface area contributed by atoms with E-state index >= 15 is 0 Å². The first-order valence-electron chi connectivity index (χ1n) is 7.40. The number of benzene rings is 2. The number of fused-ring (bicyclic) bond motifs is 2. The summed E-state index contributed by atoms with van der Waals surface area (Å²) in [5, 5.41) is 2.55. The van der Waals surface area contributed by atoms with Crippen molar-refractivity contribution in [3.63, 3.8) is 0 Å². The topological polar surface area (TPSA) is 60.3 Å². The number of aromatic nitrogens is 4. The fourth-order valence-electron chi connectivity index (χ4n) is 2.21. The van der Waals surface area contributed by atoms with Gasteiger partial charge in [-0.3, -0.25) is 0 Å². The van der Waals surface area contributed by atoms with Gasteiger partial charge in [0.1, 0.15) is 0 Å². The quantitative estimate of drug-likeness (QED) is 0.380. The van der Waals surface area contributed by atoms with E-state index in [1.807, 2.05) is 36.7 Å². The highest BCUT2D eigenvalue weighted by molar-refractivity contribution is 5.79. The largest absolute Gasteiger partial charge is 0.361 e. The molecule has 0 aliphatic rings. The van der Waals surface area contributed by atoms with E-state index in [1.165, 1.54) is 21.8 Å². The summed E-state index contributed by atoms with van der Waals surface area (Å²) in [6.45, 7) is 0. The van der Waals surface area contributed by atoms with Crippen LogP contribution in [0.3, 0.4) is 0 Å². The van der Waals surface area contributed by atoms with Crippen molar-refractivity contribution in [2.75, 3.05) is 0 Å². The maximum atomic E-state index is 3.67. The molecule has 5 aromatic rings. The molecule has 0 amide bonds. The summed E-state index contributed by atoms with van der Waals surface area (Å²) in [5.74, 6) is 0. The van der Waals surface area contributed by atoms with Crippen LogP contribution in [0.2, 0.25) is 0 Å². The van der Waals surface area contributed by atoms with Crippen LogP contribution in [0.25, 0.3) is 21.8 Å². The van der Waals surface area contributed by atoms with Crippen LogP contribution in [0.5, 0.6) is 0 Å². The maximum absolute atomic E-state index is 3.67. The molecule has 3 aromatic heterocycles. The van der Waals surface area contributed by atoms with Crippen molar-refractivity contribution >= 4 is 21.8 Å². The second kappa shape index (κ2) is 7.66. The molecule has 0 atom stereocenters. The smallest absolute Gasteiger partial charge is 0.0919 e. The van der Waals surface area contributed by atoms with E-state index in [0.717, 1.165) is 0 Å². The van der Waals surface area contributed by atoms with Gasteiger partial charge in [0.05, 0.1) is 6.33 Å². The van der Waals surface area contributed by atoms with Gasteiger partial charge >= 0.3 is 0 Å². The van der Waals surface area contributed by atoms with E-state index in [4.69, 9.17) is 0 Å². The molecule has 4 heteroatoms. The summed E-state index contributed by atoms with van der Waals surface area (Å²) in [6, 6.07) is 20.6. The van der Waals surface area contributed by atoms with E-state index in [1.54, 1.807) is 18.7 Å². The second-order valence-corrected chi connectivity index (χ2v) is 4.89. The molecule has 0 saturated carbocycles. The Balaban J connectivity index is 0.000000107. The number of aromatic amines is 3. The fourth-order valence-corrected chi connectivity index (χ4v) is 2.21. The number of hydrogen-bond donors (Lipinski definition) is 3. The van der Waals surface area contributed by atoms with Crippen LogP contribution in [0, 0.1) is 0 Å². The van der Waals surface area contributed by atoms with Crippen LogP contribution in [-0.2, 0) is 0 Å². The van der Waals surface area contributed by atoms with Crippen LogP contribution in [0.15, 0.2) is 91.8 Å². The van der Waals surface area contributed by atoms with Crippen LogP contribution >= 0.6 is 0 Å². The molecule has 4 nitrogen and oxygen atoms in total. The zero-order valence-corrected chi connectivity index (χ0v) is 12.6. The van der Waals surface area contributed by atoms with Gasteiger partial charge in [-0.05, 0) is 35.0 Å². The number of nitrogens with one attached hydrogen (secondary N) is 3. The average molecular weight is 302 g/mol. The van der Waals surface area contributed by atoms with Crippen molar-refractivity contribution in [2.24, 2.45) is 0 Å². The molecule has 0 fully saturated rings. The first-order valence-corrected chi connectivity index (χ1v) is 7.40. The number of hydrogen-bond acceptors (Lipinski definition) is 1. The highest BCUT2D eigenvalue weighted by atomic mass is 14.8. The lowest BCUT2D eigenvalue weighted by atomic mass is 10.3. The predicted molar refractivity (Wildman–Crippen MR) is 95.2 cm³/mol. The monoisotopic (exact) mass is 302 g/mol.